The molecular formula is C13H23NO. The highest BCUT2D eigenvalue weighted by atomic mass is 16.5. The first-order chi connectivity index (χ1) is 7.32. The van der Waals surface area contributed by atoms with Crippen molar-refractivity contribution in [3.8, 4) is 0 Å². The smallest absolute Gasteiger partial charge is 0.0537 e. The SMILES string of the molecule is NCC1(COCC2CC2)CC2CCC1C2. The van der Waals surface area contributed by atoms with Crippen molar-refractivity contribution in [3.63, 3.8) is 0 Å². The van der Waals surface area contributed by atoms with Gasteiger partial charge in [0, 0.05) is 18.6 Å². The highest BCUT2D eigenvalue weighted by molar-refractivity contribution is 5.01. The van der Waals surface area contributed by atoms with Gasteiger partial charge in [-0.2, -0.15) is 0 Å². The maximum Gasteiger partial charge on any atom is 0.0537 e. The molecule has 3 saturated carbocycles. The number of rotatable bonds is 5. The van der Waals surface area contributed by atoms with Crippen LogP contribution in [0, 0.1) is 23.2 Å². The normalized spacial score (nSPS) is 43.8. The molecule has 2 N–H and O–H groups in total. The zero-order valence-electron chi connectivity index (χ0n) is 9.58. The molecule has 2 bridgehead atoms. The van der Waals surface area contributed by atoms with Gasteiger partial charge in [-0.25, -0.2) is 0 Å². The Morgan fingerprint density at radius 1 is 1.20 bits per heavy atom. The Labute approximate surface area is 92.6 Å². The minimum atomic E-state index is 0.373. The van der Waals surface area contributed by atoms with Gasteiger partial charge in [-0.3, -0.25) is 0 Å². The average molecular weight is 209 g/mol. The fraction of sp³-hybridized carbons (Fsp3) is 1.00. The third kappa shape index (κ3) is 1.83. The van der Waals surface area contributed by atoms with E-state index >= 15 is 0 Å². The maximum atomic E-state index is 6.01. The molecule has 0 saturated heterocycles. The number of ether oxygens (including phenoxy) is 1. The molecule has 0 spiro atoms. The highest BCUT2D eigenvalue weighted by Crippen LogP contribution is 2.55. The summed E-state index contributed by atoms with van der Waals surface area (Å²) >= 11 is 0. The molecule has 3 fully saturated rings. The van der Waals surface area contributed by atoms with Crippen molar-refractivity contribution < 1.29 is 4.74 Å². The molecule has 0 aromatic heterocycles. The summed E-state index contributed by atoms with van der Waals surface area (Å²) in [5.74, 6) is 2.74. The van der Waals surface area contributed by atoms with Crippen LogP contribution in [0.3, 0.4) is 0 Å². The second-order valence-corrected chi connectivity index (χ2v) is 6.11. The summed E-state index contributed by atoms with van der Waals surface area (Å²) in [6.07, 6.45) is 8.43. The molecule has 3 atom stereocenters. The van der Waals surface area contributed by atoms with Crippen LogP contribution < -0.4 is 5.73 Å². The van der Waals surface area contributed by atoms with Crippen molar-refractivity contribution in [2.45, 2.75) is 38.5 Å². The Morgan fingerprint density at radius 2 is 2.07 bits per heavy atom. The second kappa shape index (κ2) is 3.74. The zero-order chi connectivity index (χ0) is 10.3. The van der Waals surface area contributed by atoms with E-state index in [4.69, 9.17) is 10.5 Å². The average Bonchev–Trinajstić information content (AvgIpc) is 2.86. The van der Waals surface area contributed by atoms with E-state index in [1.165, 1.54) is 38.5 Å². The molecule has 0 aliphatic heterocycles. The molecule has 2 nitrogen and oxygen atoms in total. The molecular weight excluding hydrogens is 186 g/mol. The van der Waals surface area contributed by atoms with Crippen LogP contribution in [0.1, 0.15) is 38.5 Å². The molecule has 0 radical (unpaired) electrons. The zero-order valence-corrected chi connectivity index (χ0v) is 9.58. The van der Waals surface area contributed by atoms with Gasteiger partial charge in [0.05, 0.1) is 6.61 Å². The third-order valence-corrected chi connectivity index (χ3v) is 4.95. The highest BCUT2D eigenvalue weighted by Gasteiger charge is 2.50. The summed E-state index contributed by atoms with van der Waals surface area (Å²) in [5.41, 5.74) is 6.38. The number of nitrogens with two attached hydrogens (primary N) is 1. The third-order valence-electron chi connectivity index (χ3n) is 4.95. The predicted octanol–water partition coefficient (Wildman–Crippen LogP) is 2.18. The second-order valence-electron chi connectivity index (χ2n) is 6.11. The van der Waals surface area contributed by atoms with Crippen LogP contribution in [-0.2, 0) is 4.74 Å². The van der Waals surface area contributed by atoms with E-state index in [1.807, 2.05) is 0 Å². The van der Waals surface area contributed by atoms with Crippen molar-refractivity contribution in [1.82, 2.24) is 0 Å². The lowest BCUT2D eigenvalue weighted by molar-refractivity contribution is 0.00974. The summed E-state index contributed by atoms with van der Waals surface area (Å²) in [4.78, 5) is 0. The van der Waals surface area contributed by atoms with Gasteiger partial charge in [0.25, 0.3) is 0 Å². The lowest BCUT2D eigenvalue weighted by Gasteiger charge is -2.36. The molecule has 2 heteroatoms. The van der Waals surface area contributed by atoms with Gasteiger partial charge in [0.1, 0.15) is 0 Å². The van der Waals surface area contributed by atoms with Gasteiger partial charge >= 0.3 is 0 Å². The predicted molar refractivity (Wildman–Crippen MR) is 60.5 cm³/mol. The lowest BCUT2D eigenvalue weighted by Crippen LogP contribution is -2.40. The van der Waals surface area contributed by atoms with Crippen LogP contribution in [0.2, 0.25) is 0 Å². The lowest BCUT2D eigenvalue weighted by atomic mass is 9.74. The Hall–Kier alpha value is -0.0800. The number of fused-ring (bicyclic) bond motifs is 2. The summed E-state index contributed by atoms with van der Waals surface area (Å²) in [5, 5.41) is 0. The van der Waals surface area contributed by atoms with Gasteiger partial charge in [0.2, 0.25) is 0 Å². The molecule has 3 aliphatic carbocycles. The maximum absolute atomic E-state index is 6.01. The van der Waals surface area contributed by atoms with E-state index in [9.17, 15) is 0 Å². The van der Waals surface area contributed by atoms with E-state index in [-0.39, 0.29) is 0 Å². The van der Waals surface area contributed by atoms with Gasteiger partial charge in [0.15, 0.2) is 0 Å². The molecule has 0 aromatic rings. The molecule has 3 unspecified atom stereocenters. The van der Waals surface area contributed by atoms with E-state index in [0.717, 1.165) is 37.5 Å². The summed E-state index contributed by atoms with van der Waals surface area (Å²) in [6.45, 7) is 2.79. The van der Waals surface area contributed by atoms with Gasteiger partial charge in [-0.1, -0.05) is 6.42 Å². The van der Waals surface area contributed by atoms with Crippen molar-refractivity contribution >= 4 is 0 Å². The van der Waals surface area contributed by atoms with Crippen LogP contribution in [0.25, 0.3) is 0 Å². The standard InChI is InChI=1S/C13H23NO/c14-8-13(9-15-7-10-1-2-10)6-11-3-4-12(13)5-11/h10-12H,1-9,14H2. The number of hydrogen-bond acceptors (Lipinski definition) is 2. The fourth-order valence-corrected chi connectivity index (χ4v) is 3.76. The topological polar surface area (TPSA) is 35.2 Å². The van der Waals surface area contributed by atoms with E-state index < -0.39 is 0 Å². The van der Waals surface area contributed by atoms with Crippen molar-refractivity contribution in [3.05, 3.63) is 0 Å². The first kappa shape index (κ1) is 10.1. The van der Waals surface area contributed by atoms with Crippen LogP contribution in [0.5, 0.6) is 0 Å². The molecule has 3 rings (SSSR count). The largest absolute Gasteiger partial charge is 0.381 e. The van der Waals surface area contributed by atoms with Crippen molar-refractivity contribution in [2.24, 2.45) is 28.9 Å². The Kier molecular flexibility index (Phi) is 2.52. The van der Waals surface area contributed by atoms with E-state index in [2.05, 4.69) is 0 Å². The fourth-order valence-electron chi connectivity index (χ4n) is 3.76. The molecule has 15 heavy (non-hydrogen) atoms. The monoisotopic (exact) mass is 209 g/mol. The number of hydrogen-bond donors (Lipinski definition) is 1. The molecule has 0 amide bonds. The summed E-state index contributed by atoms with van der Waals surface area (Å²) < 4.78 is 5.91. The van der Waals surface area contributed by atoms with Gasteiger partial charge in [-0.05, 0) is 49.9 Å². The molecule has 0 aromatic carbocycles. The molecule has 86 valence electrons. The first-order valence-electron chi connectivity index (χ1n) is 6.60. The minimum Gasteiger partial charge on any atom is -0.381 e. The Balaban J connectivity index is 1.55. The first-order valence-corrected chi connectivity index (χ1v) is 6.60. The van der Waals surface area contributed by atoms with Crippen molar-refractivity contribution in [1.29, 1.82) is 0 Å². The molecule has 0 heterocycles. The van der Waals surface area contributed by atoms with Crippen LogP contribution in [0.4, 0.5) is 0 Å². The van der Waals surface area contributed by atoms with E-state index in [0.29, 0.717) is 5.41 Å². The minimum absolute atomic E-state index is 0.373. The Morgan fingerprint density at radius 3 is 2.60 bits per heavy atom. The van der Waals surface area contributed by atoms with Gasteiger partial charge < -0.3 is 10.5 Å². The van der Waals surface area contributed by atoms with Crippen LogP contribution in [-0.4, -0.2) is 19.8 Å². The summed E-state index contributed by atoms with van der Waals surface area (Å²) in [7, 11) is 0. The quantitative estimate of drug-likeness (QED) is 0.753. The van der Waals surface area contributed by atoms with Crippen LogP contribution >= 0.6 is 0 Å². The van der Waals surface area contributed by atoms with Crippen LogP contribution in [0.15, 0.2) is 0 Å². The van der Waals surface area contributed by atoms with Crippen molar-refractivity contribution in [2.75, 3.05) is 19.8 Å². The summed E-state index contributed by atoms with van der Waals surface area (Å²) in [6, 6.07) is 0. The van der Waals surface area contributed by atoms with E-state index in [1.54, 1.807) is 0 Å². The molecule has 3 aliphatic rings. The Bertz CT molecular complexity index is 239. The van der Waals surface area contributed by atoms with Gasteiger partial charge in [-0.15, -0.1) is 0 Å².